The van der Waals surface area contributed by atoms with Crippen molar-refractivity contribution >= 4 is 40.8 Å². The summed E-state index contributed by atoms with van der Waals surface area (Å²) in [5.41, 5.74) is 2.45. The summed E-state index contributed by atoms with van der Waals surface area (Å²) in [7, 11) is 0. The topological polar surface area (TPSA) is 48.4 Å². The monoisotopic (exact) mass is 447 g/mol. The molecule has 1 fully saturated rings. The Bertz CT molecular complexity index is 954. The van der Waals surface area contributed by atoms with Gasteiger partial charge in [-0.2, -0.15) is 0 Å². The average Bonchev–Trinajstić information content (AvgIpc) is 3.44. The lowest BCUT2D eigenvalue weighted by atomic mass is 10.1. The summed E-state index contributed by atoms with van der Waals surface area (Å²) in [5.74, 6) is 2.25. The number of hydrogen-bond donors (Lipinski definition) is 0. The molecule has 0 unspecified atom stereocenters. The number of benzene rings is 2. The smallest absolute Gasteiger partial charge is 0.338 e. The van der Waals surface area contributed by atoms with Crippen molar-refractivity contribution in [1.82, 2.24) is 4.98 Å². The molecule has 4 rings (SSSR count). The summed E-state index contributed by atoms with van der Waals surface area (Å²) in [6.07, 6.45) is 0. The fourth-order valence-electron chi connectivity index (χ4n) is 2.71. The molecule has 150 valence electrons. The van der Waals surface area contributed by atoms with Crippen LogP contribution in [-0.2, 0) is 18.0 Å². The maximum absolute atomic E-state index is 12.9. The van der Waals surface area contributed by atoms with E-state index in [0.29, 0.717) is 21.6 Å². The Kier molecular flexibility index (Phi) is 6.74. The number of hydrogen-bond acceptors (Lipinski definition) is 7. The van der Waals surface area contributed by atoms with Crippen molar-refractivity contribution in [2.45, 2.75) is 17.8 Å². The van der Waals surface area contributed by atoms with Gasteiger partial charge < -0.3 is 9.47 Å². The van der Waals surface area contributed by atoms with E-state index >= 15 is 0 Å². The number of nitrogens with zero attached hydrogens (tertiary/aromatic N) is 1. The molecule has 1 aliphatic rings. The summed E-state index contributed by atoms with van der Waals surface area (Å²) in [6.45, 7) is 0.394. The van der Waals surface area contributed by atoms with Gasteiger partial charge in [0, 0.05) is 16.9 Å². The zero-order valence-electron chi connectivity index (χ0n) is 15.4. The third-order valence-corrected chi connectivity index (χ3v) is 8.14. The summed E-state index contributed by atoms with van der Waals surface area (Å²) < 4.78 is 24.3. The molecular weight excluding hydrogens is 429 g/mol. The number of carbonyl (C=O) groups is 1. The number of halogens is 1. The quantitative estimate of drug-likeness (QED) is 0.433. The van der Waals surface area contributed by atoms with Crippen molar-refractivity contribution in [1.29, 1.82) is 0 Å². The van der Waals surface area contributed by atoms with Crippen LogP contribution in [0.15, 0.2) is 53.9 Å². The van der Waals surface area contributed by atoms with E-state index in [2.05, 4.69) is 4.98 Å². The van der Waals surface area contributed by atoms with Crippen LogP contribution >= 0.6 is 34.9 Å². The second-order valence-electron chi connectivity index (χ2n) is 6.25. The largest absolute Gasteiger partial charge is 0.486 e. The van der Waals surface area contributed by atoms with Gasteiger partial charge in [-0.25, -0.2) is 14.2 Å². The fourth-order valence-corrected chi connectivity index (χ4v) is 6.26. The van der Waals surface area contributed by atoms with Crippen LogP contribution in [0.3, 0.4) is 0 Å². The number of aromatic nitrogens is 1. The normalized spacial score (nSPS) is 14.1. The number of rotatable bonds is 7. The molecule has 3 aromatic rings. The van der Waals surface area contributed by atoms with Crippen molar-refractivity contribution in [2.24, 2.45) is 0 Å². The summed E-state index contributed by atoms with van der Waals surface area (Å²) in [6, 6.07) is 13.5. The minimum absolute atomic E-state index is 0.113. The first-order valence-corrected chi connectivity index (χ1v) is 12.0. The van der Waals surface area contributed by atoms with Crippen molar-refractivity contribution in [3.05, 3.63) is 81.6 Å². The van der Waals surface area contributed by atoms with Gasteiger partial charge in [-0.05, 0) is 42.0 Å². The molecule has 0 aliphatic carbocycles. The zero-order valence-corrected chi connectivity index (χ0v) is 17.8. The van der Waals surface area contributed by atoms with E-state index in [1.807, 2.05) is 53.2 Å². The number of ether oxygens (including phenoxy) is 2. The minimum Gasteiger partial charge on any atom is -0.486 e. The molecule has 0 N–H and O–H groups in total. The molecule has 8 heteroatoms. The summed E-state index contributed by atoms with van der Waals surface area (Å²) in [5, 5.41) is 2.60. The molecule has 0 amide bonds. The van der Waals surface area contributed by atoms with Gasteiger partial charge in [0.25, 0.3) is 0 Å². The predicted octanol–water partition coefficient (Wildman–Crippen LogP) is 5.70. The third-order valence-electron chi connectivity index (χ3n) is 4.17. The minimum atomic E-state index is -0.361. The number of esters is 1. The Morgan fingerprint density at radius 3 is 2.48 bits per heavy atom. The molecule has 0 radical (unpaired) electrons. The fraction of sp³-hybridized carbons (Fsp3) is 0.238. The molecule has 0 bridgehead atoms. The van der Waals surface area contributed by atoms with Crippen LogP contribution in [-0.4, -0.2) is 22.5 Å². The first kappa shape index (κ1) is 20.3. The van der Waals surface area contributed by atoms with Crippen molar-refractivity contribution in [3.63, 3.8) is 0 Å². The van der Waals surface area contributed by atoms with Crippen LogP contribution in [0.25, 0.3) is 0 Å². The third kappa shape index (κ3) is 5.52. The summed E-state index contributed by atoms with van der Waals surface area (Å²) in [4.78, 5) is 16.7. The van der Waals surface area contributed by atoms with Gasteiger partial charge in [0.2, 0.25) is 0 Å². The van der Waals surface area contributed by atoms with E-state index in [0.717, 1.165) is 5.01 Å². The zero-order chi connectivity index (χ0) is 20.1. The Balaban J connectivity index is 1.26. The Hall–Kier alpha value is -2.03. The van der Waals surface area contributed by atoms with Gasteiger partial charge >= 0.3 is 5.97 Å². The molecule has 0 atom stereocenters. The van der Waals surface area contributed by atoms with E-state index in [1.54, 1.807) is 12.1 Å². The first-order chi connectivity index (χ1) is 14.2. The lowest BCUT2D eigenvalue weighted by Gasteiger charge is -2.09. The van der Waals surface area contributed by atoms with Gasteiger partial charge in [0.1, 0.15) is 29.8 Å². The number of thiazole rings is 1. The van der Waals surface area contributed by atoms with Crippen molar-refractivity contribution in [2.75, 3.05) is 11.5 Å². The molecule has 29 heavy (non-hydrogen) atoms. The molecule has 2 aromatic carbocycles. The second kappa shape index (κ2) is 9.65. The molecule has 0 spiro atoms. The lowest BCUT2D eigenvalue weighted by molar-refractivity contribution is 0.0468. The van der Waals surface area contributed by atoms with E-state index in [1.165, 1.54) is 40.5 Å². The Labute approximate surface area is 180 Å². The molecule has 2 heterocycles. The molecule has 0 saturated carbocycles. The SMILES string of the molecule is O=C(OCc1csc(COc2ccc(F)cc2)n1)c1ccc(C2SCCS2)cc1. The maximum Gasteiger partial charge on any atom is 0.338 e. The summed E-state index contributed by atoms with van der Waals surface area (Å²) >= 11 is 5.30. The van der Waals surface area contributed by atoms with Crippen molar-refractivity contribution < 1.29 is 18.7 Å². The lowest BCUT2D eigenvalue weighted by Crippen LogP contribution is -2.06. The van der Waals surface area contributed by atoms with Crippen LogP contribution in [0.2, 0.25) is 0 Å². The molecule has 1 aliphatic heterocycles. The van der Waals surface area contributed by atoms with E-state index in [9.17, 15) is 9.18 Å². The highest BCUT2D eigenvalue weighted by molar-refractivity contribution is 8.19. The highest BCUT2D eigenvalue weighted by atomic mass is 32.2. The average molecular weight is 448 g/mol. The van der Waals surface area contributed by atoms with Gasteiger partial charge in [0.15, 0.2) is 0 Å². The Morgan fingerprint density at radius 1 is 1.03 bits per heavy atom. The van der Waals surface area contributed by atoms with Gasteiger partial charge in [-0.1, -0.05) is 12.1 Å². The molecule has 1 saturated heterocycles. The van der Waals surface area contributed by atoms with Gasteiger partial charge in [-0.15, -0.1) is 34.9 Å². The van der Waals surface area contributed by atoms with Gasteiger partial charge in [-0.3, -0.25) is 0 Å². The molecule has 1 aromatic heterocycles. The number of carbonyl (C=O) groups excluding carboxylic acids is 1. The number of thioether (sulfide) groups is 2. The van der Waals surface area contributed by atoms with Gasteiger partial charge in [0.05, 0.1) is 15.8 Å². The van der Waals surface area contributed by atoms with Crippen LogP contribution in [0.1, 0.15) is 31.2 Å². The van der Waals surface area contributed by atoms with E-state index < -0.39 is 0 Å². The van der Waals surface area contributed by atoms with E-state index in [4.69, 9.17) is 9.47 Å². The first-order valence-electron chi connectivity index (χ1n) is 8.99. The van der Waals surface area contributed by atoms with Crippen LogP contribution in [0, 0.1) is 5.82 Å². The highest BCUT2D eigenvalue weighted by Crippen LogP contribution is 2.45. The highest BCUT2D eigenvalue weighted by Gasteiger charge is 2.18. The van der Waals surface area contributed by atoms with E-state index in [-0.39, 0.29) is 25.0 Å². The van der Waals surface area contributed by atoms with Crippen LogP contribution in [0.4, 0.5) is 4.39 Å². The van der Waals surface area contributed by atoms with Crippen LogP contribution in [0.5, 0.6) is 5.75 Å². The maximum atomic E-state index is 12.9. The predicted molar refractivity (Wildman–Crippen MR) is 116 cm³/mol. The van der Waals surface area contributed by atoms with Crippen molar-refractivity contribution in [3.8, 4) is 5.75 Å². The standard InChI is InChI=1S/C21H18FNO3S3/c22-16-5-7-18(8-6-16)25-12-19-23-17(13-29-19)11-26-20(24)14-1-3-15(4-2-14)21-27-9-10-28-21/h1-8,13,21H,9-12H2. The Morgan fingerprint density at radius 2 is 1.76 bits per heavy atom. The van der Waals surface area contributed by atoms with Crippen LogP contribution < -0.4 is 4.74 Å². The molecular formula is C21H18FNO3S3. The second-order valence-corrected chi connectivity index (χ2v) is 9.91. The molecule has 4 nitrogen and oxygen atoms in total.